The van der Waals surface area contributed by atoms with Gasteiger partial charge in [0.25, 0.3) is 0 Å². The van der Waals surface area contributed by atoms with Gasteiger partial charge in [0.15, 0.2) is 5.65 Å². The molecule has 0 aliphatic carbocycles. The van der Waals surface area contributed by atoms with Gasteiger partial charge in [-0.3, -0.25) is 0 Å². The van der Waals surface area contributed by atoms with Gasteiger partial charge in [-0.25, -0.2) is 13.9 Å². The van der Waals surface area contributed by atoms with Crippen LogP contribution in [0.1, 0.15) is 11.3 Å². The molecular formula is C18H20FN5. The zero-order valence-corrected chi connectivity index (χ0v) is 13.6. The summed E-state index contributed by atoms with van der Waals surface area (Å²) in [5.41, 5.74) is 2.98. The quantitative estimate of drug-likeness (QED) is 0.802. The normalized spacial score (nSPS) is 18.2. The Kier molecular flexibility index (Phi) is 3.90. The van der Waals surface area contributed by atoms with Gasteiger partial charge in [0.05, 0.1) is 11.9 Å². The molecule has 1 N–H and O–H groups in total. The van der Waals surface area contributed by atoms with Gasteiger partial charge < -0.3 is 10.2 Å². The highest BCUT2D eigenvalue weighted by Crippen LogP contribution is 2.16. The number of hydrogen-bond acceptors (Lipinski definition) is 4. The van der Waals surface area contributed by atoms with E-state index in [-0.39, 0.29) is 5.82 Å². The van der Waals surface area contributed by atoms with Crippen molar-refractivity contribution >= 4 is 11.5 Å². The third-order valence-electron chi connectivity index (χ3n) is 4.40. The van der Waals surface area contributed by atoms with E-state index in [0.717, 1.165) is 48.8 Å². The molecule has 4 rings (SSSR count). The lowest BCUT2D eigenvalue weighted by molar-refractivity contribution is 0.451. The fourth-order valence-corrected chi connectivity index (χ4v) is 3.23. The molecule has 0 saturated carbocycles. The molecule has 1 fully saturated rings. The van der Waals surface area contributed by atoms with Crippen molar-refractivity contribution in [3.63, 3.8) is 0 Å². The smallest absolute Gasteiger partial charge is 0.153 e. The number of aromatic nitrogens is 3. The van der Waals surface area contributed by atoms with E-state index in [4.69, 9.17) is 0 Å². The molecule has 3 heterocycles. The van der Waals surface area contributed by atoms with Gasteiger partial charge in [0.2, 0.25) is 0 Å². The van der Waals surface area contributed by atoms with Crippen LogP contribution in [-0.2, 0) is 6.42 Å². The Labute approximate surface area is 140 Å². The molecular weight excluding hydrogens is 305 g/mol. The number of anilines is 1. The van der Waals surface area contributed by atoms with Crippen molar-refractivity contribution in [1.29, 1.82) is 0 Å². The molecule has 24 heavy (non-hydrogen) atoms. The molecule has 0 bridgehead atoms. The van der Waals surface area contributed by atoms with Crippen molar-refractivity contribution in [2.75, 3.05) is 24.5 Å². The Morgan fingerprint density at radius 3 is 2.88 bits per heavy atom. The van der Waals surface area contributed by atoms with E-state index in [1.807, 2.05) is 41.9 Å². The highest BCUT2D eigenvalue weighted by atomic mass is 19.1. The first-order chi connectivity index (χ1) is 11.7. The lowest BCUT2D eigenvalue weighted by Gasteiger charge is -2.34. The van der Waals surface area contributed by atoms with Gasteiger partial charge in [0, 0.05) is 25.7 Å². The molecule has 3 aromatic rings. The second-order valence-corrected chi connectivity index (χ2v) is 6.30. The minimum absolute atomic E-state index is 0.190. The Hall–Kier alpha value is -2.47. The third kappa shape index (κ3) is 3.10. The maximum atomic E-state index is 13.0. The first kappa shape index (κ1) is 15.1. The molecule has 1 aliphatic rings. The van der Waals surface area contributed by atoms with Crippen LogP contribution in [0.3, 0.4) is 0 Å². The van der Waals surface area contributed by atoms with Crippen molar-refractivity contribution in [3.05, 3.63) is 59.7 Å². The highest BCUT2D eigenvalue weighted by molar-refractivity contribution is 5.47. The molecule has 5 nitrogen and oxygen atoms in total. The lowest BCUT2D eigenvalue weighted by Crippen LogP contribution is -2.52. The summed E-state index contributed by atoms with van der Waals surface area (Å²) in [7, 11) is 0. The fourth-order valence-electron chi connectivity index (χ4n) is 3.23. The standard InChI is InChI=1S/C18H20FN5/c1-13-11-24-17(21-13)6-7-18(22-24)23-9-8-20-16(12-23)10-14-2-4-15(19)5-3-14/h2-7,11,16,20H,8-10,12H2,1H3. The molecule has 1 aromatic carbocycles. The number of rotatable bonds is 3. The number of hydrogen-bond donors (Lipinski definition) is 1. The summed E-state index contributed by atoms with van der Waals surface area (Å²) in [6.07, 6.45) is 2.82. The Bertz CT molecular complexity index is 842. The van der Waals surface area contributed by atoms with Crippen molar-refractivity contribution in [3.8, 4) is 0 Å². The summed E-state index contributed by atoms with van der Waals surface area (Å²) < 4.78 is 14.9. The van der Waals surface area contributed by atoms with Gasteiger partial charge in [-0.2, -0.15) is 0 Å². The van der Waals surface area contributed by atoms with Crippen molar-refractivity contribution in [2.45, 2.75) is 19.4 Å². The van der Waals surface area contributed by atoms with Crippen LogP contribution in [0, 0.1) is 12.7 Å². The second kappa shape index (κ2) is 6.20. The van der Waals surface area contributed by atoms with Crippen LogP contribution in [0.25, 0.3) is 5.65 Å². The summed E-state index contributed by atoms with van der Waals surface area (Å²) >= 11 is 0. The molecule has 1 unspecified atom stereocenters. The van der Waals surface area contributed by atoms with E-state index in [1.54, 1.807) is 0 Å². The first-order valence-electron chi connectivity index (χ1n) is 8.23. The molecule has 2 aromatic heterocycles. The Balaban J connectivity index is 1.49. The molecule has 6 heteroatoms. The Morgan fingerprint density at radius 2 is 2.04 bits per heavy atom. The average Bonchev–Trinajstić information content (AvgIpc) is 2.96. The zero-order chi connectivity index (χ0) is 16.5. The van der Waals surface area contributed by atoms with E-state index < -0.39 is 0 Å². The van der Waals surface area contributed by atoms with Crippen molar-refractivity contribution in [1.82, 2.24) is 19.9 Å². The van der Waals surface area contributed by atoms with Crippen LogP contribution in [0.2, 0.25) is 0 Å². The summed E-state index contributed by atoms with van der Waals surface area (Å²) in [5, 5.41) is 8.22. The largest absolute Gasteiger partial charge is 0.352 e. The average molecular weight is 325 g/mol. The van der Waals surface area contributed by atoms with E-state index >= 15 is 0 Å². The van der Waals surface area contributed by atoms with E-state index in [0.29, 0.717) is 6.04 Å². The topological polar surface area (TPSA) is 45.5 Å². The van der Waals surface area contributed by atoms with Gasteiger partial charge in [0.1, 0.15) is 11.6 Å². The SMILES string of the molecule is Cc1cn2nc(N3CCNC(Cc4ccc(F)cc4)C3)ccc2n1. The summed E-state index contributed by atoms with van der Waals surface area (Å²) in [4.78, 5) is 6.71. The van der Waals surface area contributed by atoms with Gasteiger partial charge in [-0.05, 0) is 43.2 Å². The van der Waals surface area contributed by atoms with Gasteiger partial charge >= 0.3 is 0 Å². The monoisotopic (exact) mass is 325 g/mol. The van der Waals surface area contributed by atoms with Crippen LogP contribution in [0.5, 0.6) is 0 Å². The second-order valence-electron chi connectivity index (χ2n) is 6.30. The Morgan fingerprint density at radius 1 is 1.21 bits per heavy atom. The number of nitrogens with zero attached hydrogens (tertiary/aromatic N) is 4. The van der Waals surface area contributed by atoms with Crippen molar-refractivity contribution in [2.24, 2.45) is 0 Å². The zero-order valence-electron chi connectivity index (χ0n) is 13.6. The van der Waals surface area contributed by atoms with Crippen LogP contribution in [-0.4, -0.2) is 40.3 Å². The van der Waals surface area contributed by atoms with E-state index in [1.165, 1.54) is 12.1 Å². The first-order valence-corrected chi connectivity index (χ1v) is 8.23. The van der Waals surface area contributed by atoms with Gasteiger partial charge in [-0.15, -0.1) is 5.10 Å². The summed E-state index contributed by atoms with van der Waals surface area (Å²) in [5.74, 6) is 0.774. The maximum Gasteiger partial charge on any atom is 0.153 e. The molecule has 1 aliphatic heterocycles. The van der Waals surface area contributed by atoms with Crippen molar-refractivity contribution < 1.29 is 4.39 Å². The van der Waals surface area contributed by atoms with Crippen LogP contribution < -0.4 is 10.2 Å². The minimum Gasteiger partial charge on any atom is -0.352 e. The number of imidazole rings is 1. The summed E-state index contributed by atoms with van der Waals surface area (Å²) in [6, 6.07) is 11.1. The highest BCUT2D eigenvalue weighted by Gasteiger charge is 2.21. The van der Waals surface area contributed by atoms with E-state index in [9.17, 15) is 4.39 Å². The predicted molar refractivity (Wildman–Crippen MR) is 91.8 cm³/mol. The number of piperazine rings is 1. The minimum atomic E-state index is -0.190. The number of benzene rings is 1. The maximum absolute atomic E-state index is 13.0. The third-order valence-corrected chi connectivity index (χ3v) is 4.40. The molecule has 124 valence electrons. The number of nitrogens with one attached hydrogen (secondary N) is 1. The van der Waals surface area contributed by atoms with Crippen LogP contribution in [0.4, 0.5) is 10.2 Å². The van der Waals surface area contributed by atoms with Gasteiger partial charge in [-0.1, -0.05) is 12.1 Å². The van der Waals surface area contributed by atoms with E-state index in [2.05, 4.69) is 20.3 Å². The number of halogens is 1. The predicted octanol–water partition coefficient (Wildman–Crippen LogP) is 2.20. The fraction of sp³-hybridized carbons (Fsp3) is 0.333. The van der Waals surface area contributed by atoms with Crippen LogP contribution in [0.15, 0.2) is 42.6 Å². The lowest BCUT2D eigenvalue weighted by atomic mass is 10.0. The number of fused-ring (bicyclic) bond motifs is 1. The molecule has 1 saturated heterocycles. The summed E-state index contributed by atoms with van der Waals surface area (Å²) in [6.45, 7) is 4.68. The molecule has 0 radical (unpaired) electrons. The van der Waals surface area contributed by atoms with Crippen LogP contribution >= 0.6 is 0 Å². The molecule has 0 amide bonds. The molecule has 0 spiro atoms. The molecule has 1 atom stereocenters. The number of aryl methyl sites for hydroxylation is 1.